The van der Waals surface area contributed by atoms with Crippen LogP contribution in [0.2, 0.25) is 5.02 Å². The third-order valence-corrected chi connectivity index (χ3v) is 3.71. The SMILES string of the molecule is COC1CC(c2ccccc2)Oc2ccc(Cl)cc21. The molecule has 2 aromatic rings. The first-order valence-electron chi connectivity index (χ1n) is 6.32. The van der Waals surface area contributed by atoms with Gasteiger partial charge in [-0.2, -0.15) is 0 Å². The van der Waals surface area contributed by atoms with Gasteiger partial charge in [0.2, 0.25) is 0 Å². The Kier molecular flexibility index (Phi) is 3.45. The Hall–Kier alpha value is -1.51. The summed E-state index contributed by atoms with van der Waals surface area (Å²) >= 11 is 6.04. The van der Waals surface area contributed by atoms with Crippen molar-refractivity contribution < 1.29 is 9.47 Å². The first-order valence-corrected chi connectivity index (χ1v) is 6.69. The highest BCUT2D eigenvalue weighted by Crippen LogP contribution is 2.43. The summed E-state index contributed by atoms with van der Waals surface area (Å²) in [5.74, 6) is 0.858. The molecule has 2 unspecified atom stereocenters. The van der Waals surface area contributed by atoms with E-state index in [-0.39, 0.29) is 12.2 Å². The molecule has 3 rings (SSSR count). The molecule has 1 aliphatic rings. The van der Waals surface area contributed by atoms with Crippen LogP contribution in [-0.2, 0) is 4.74 Å². The zero-order valence-electron chi connectivity index (χ0n) is 10.7. The normalized spacial score (nSPS) is 21.6. The average molecular weight is 275 g/mol. The minimum absolute atomic E-state index is 0.0210. The number of methoxy groups -OCH3 is 1. The molecule has 3 heteroatoms. The van der Waals surface area contributed by atoms with Crippen molar-refractivity contribution >= 4 is 11.6 Å². The fourth-order valence-corrected chi connectivity index (χ4v) is 2.68. The van der Waals surface area contributed by atoms with Crippen molar-refractivity contribution in [1.29, 1.82) is 0 Å². The van der Waals surface area contributed by atoms with Crippen LogP contribution < -0.4 is 4.74 Å². The van der Waals surface area contributed by atoms with Crippen molar-refractivity contribution in [2.75, 3.05) is 7.11 Å². The Morgan fingerprint density at radius 1 is 1.16 bits per heavy atom. The first kappa shape index (κ1) is 12.5. The smallest absolute Gasteiger partial charge is 0.127 e. The summed E-state index contributed by atoms with van der Waals surface area (Å²) in [7, 11) is 1.72. The van der Waals surface area contributed by atoms with Gasteiger partial charge in [-0.05, 0) is 23.8 Å². The van der Waals surface area contributed by atoms with Crippen molar-refractivity contribution in [3.8, 4) is 5.75 Å². The van der Waals surface area contributed by atoms with Crippen LogP contribution in [0.1, 0.15) is 29.8 Å². The largest absolute Gasteiger partial charge is 0.485 e. The van der Waals surface area contributed by atoms with Gasteiger partial charge in [0.05, 0.1) is 6.10 Å². The molecule has 2 atom stereocenters. The number of fused-ring (bicyclic) bond motifs is 1. The quantitative estimate of drug-likeness (QED) is 0.800. The van der Waals surface area contributed by atoms with Gasteiger partial charge in [-0.15, -0.1) is 0 Å². The van der Waals surface area contributed by atoms with Gasteiger partial charge in [0.1, 0.15) is 11.9 Å². The van der Waals surface area contributed by atoms with Gasteiger partial charge in [0.15, 0.2) is 0 Å². The number of hydrogen-bond acceptors (Lipinski definition) is 2. The van der Waals surface area contributed by atoms with Gasteiger partial charge in [-0.25, -0.2) is 0 Å². The number of ether oxygens (including phenoxy) is 2. The third kappa shape index (κ3) is 2.46. The van der Waals surface area contributed by atoms with Crippen molar-refractivity contribution in [2.24, 2.45) is 0 Å². The molecule has 0 spiro atoms. The lowest BCUT2D eigenvalue weighted by molar-refractivity contribution is 0.0301. The predicted octanol–water partition coefficient (Wildman–Crippen LogP) is 4.55. The van der Waals surface area contributed by atoms with Crippen LogP contribution in [0.3, 0.4) is 0 Å². The maximum atomic E-state index is 6.07. The zero-order valence-corrected chi connectivity index (χ0v) is 11.4. The lowest BCUT2D eigenvalue weighted by Gasteiger charge is -2.31. The van der Waals surface area contributed by atoms with Gasteiger partial charge < -0.3 is 9.47 Å². The summed E-state index contributed by atoms with van der Waals surface area (Å²) in [6, 6.07) is 15.9. The number of hydrogen-bond donors (Lipinski definition) is 0. The van der Waals surface area contributed by atoms with E-state index in [4.69, 9.17) is 21.1 Å². The standard InChI is InChI=1S/C16H15ClO2/c1-18-16-10-15(11-5-3-2-4-6-11)19-14-8-7-12(17)9-13(14)16/h2-9,15-16H,10H2,1H3. The van der Waals surface area contributed by atoms with Crippen LogP contribution in [0.25, 0.3) is 0 Å². The van der Waals surface area contributed by atoms with Crippen molar-refractivity contribution in [3.05, 3.63) is 64.7 Å². The van der Waals surface area contributed by atoms with Gasteiger partial charge in [-0.3, -0.25) is 0 Å². The molecule has 0 bridgehead atoms. The molecular weight excluding hydrogens is 260 g/mol. The Morgan fingerprint density at radius 2 is 1.95 bits per heavy atom. The molecule has 19 heavy (non-hydrogen) atoms. The van der Waals surface area contributed by atoms with E-state index < -0.39 is 0 Å². The highest BCUT2D eigenvalue weighted by Gasteiger charge is 2.29. The van der Waals surface area contributed by atoms with Gasteiger partial charge >= 0.3 is 0 Å². The van der Waals surface area contributed by atoms with Crippen molar-refractivity contribution in [3.63, 3.8) is 0 Å². The molecule has 0 fully saturated rings. The molecule has 2 nitrogen and oxygen atoms in total. The number of rotatable bonds is 2. The summed E-state index contributed by atoms with van der Waals surface area (Å²) in [6.07, 6.45) is 0.848. The molecule has 1 aliphatic heterocycles. The van der Waals surface area contributed by atoms with Crippen LogP contribution in [0.4, 0.5) is 0 Å². The minimum atomic E-state index is 0.0210. The van der Waals surface area contributed by atoms with E-state index in [0.29, 0.717) is 5.02 Å². The van der Waals surface area contributed by atoms with Gasteiger partial charge in [-0.1, -0.05) is 41.9 Å². The second-order valence-electron chi connectivity index (χ2n) is 4.66. The second kappa shape index (κ2) is 5.24. The van der Waals surface area contributed by atoms with Crippen LogP contribution in [0.15, 0.2) is 48.5 Å². The number of halogens is 1. The van der Waals surface area contributed by atoms with Crippen LogP contribution in [0.5, 0.6) is 5.75 Å². The summed E-state index contributed by atoms with van der Waals surface area (Å²) in [5.41, 5.74) is 2.20. The fraction of sp³-hybridized carbons (Fsp3) is 0.250. The minimum Gasteiger partial charge on any atom is -0.485 e. The Bertz CT molecular complexity index is 568. The van der Waals surface area contributed by atoms with Gasteiger partial charge in [0, 0.05) is 24.1 Å². The Balaban J connectivity index is 1.96. The second-order valence-corrected chi connectivity index (χ2v) is 5.10. The first-order chi connectivity index (χ1) is 9.28. The molecule has 1 heterocycles. The van der Waals surface area contributed by atoms with E-state index in [1.807, 2.05) is 36.4 Å². The predicted molar refractivity (Wildman–Crippen MR) is 75.6 cm³/mol. The highest BCUT2D eigenvalue weighted by molar-refractivity contribution is 6.30. The molecule has 0 N–H and O–H groups in total. The molecule has 0 saturated heterocycles. The molecular formula is C16H15ClO2. The van der Waals surface area contributed by atoms with E-state index in [1.54, 1.807) is 7.11 Å². The van der Waals surface area contributed by atoms with Gasteiger partial charge in [0.25, 0.3) is 0 Å². The summed E-state index contributed by atoms with van der Waals surface area (Å²) in [4.78, 5) is 0. The maximum absolute atomic E-state index is 6.07. The molecule has 0 amide bonds. The van der Waals surface area contributed by atoms with Crippen LogP contribution in [-0.4, -0.2) is 7.11 Å². The maximum Gasteiger partial charge on any atom is 0.127 e. The van der Waals surface area contributed by atoms with E-state index in [9.17, 15) is 0 Å². The molecule has 98 valence electrons. The average Bonchev–Trinajstić information content (AvgIpc) is 2.47. The zero-order chi connectivity index (χ0) is 13.2. The van der Waals surface area contributed by atoms with E-state index in [0.717, 1.165) is 17.7 Å². The lowest BCUT2D eigenvalue weighted by atomic mass is 9.95. The van der Waals surface area contributed by atoms with Crippen LogP contribution >= 0.6 is 11.6 Å². The molecule has 2 aromatic carbocycles. The molecule has 0 aromatic heterocycles. The monoisotopic (exact) mass is 274 g/mol. The Morgan fingerprint density at radius 3 is 2.68 bits per heavy atom. The third-order valence-electron chi connectivity index (χ3n) is 3.47. The van der Waals surface area contributed by atoms with E-state index >= 15 is 0 Å². The van der Waals surface area contributed by atoms with Crippen molar-refractivity contribution in [2.45, 2.75) is 18.6 Å². The summed E-state index contributed by atoms with van der Waals surface area (Å²) in [5, 5.41) is 0.711. The molecule has 0 saturated carbocycles. The Labute approximate surface area is 117 Å². The van der Waals surface area contributed by atoms with Crippen LogP contribution in [0, 0.1) is 0 Å². The lowest BCUT2D eigenvalue weighted by Crippen LogP contribution is -2.20. The molecule has 0 radical (unpaired) electrons. The number of benzene rings is 2. The van der Waals surface area contributed by atoms with Crippen molar-refractivity contribution in [1.82, 2.24) is 0 Å². The topological polar surface area (TPSA) is 18.5 Å². The fourth-order valence-electron chi connectivity index (χ4n) is 2.50. The molecule has 0 aliphatic carbocycles. The summed E-state index contributed by atoms with van der Waals surface area (Å²) in [6.45, 7) is 0. The van der Waals surface area contributed by atoms with E-state index in [2.05, 4.69) is 12.1 Å². The van der Waals surface area contributed by atoms with E-state index in [1.165, 1.54) is 5.56 Å². The summed E-state index contributed by atoms with van der Waals surface area (Å²) < 4.78 is 11.7. The highest BCUT2D eigenvalue weighted by atomic mass is 35.5.